The van der Waals surface area contributed by atoms with Crippen molar-refractivity contribution in [1.29, 1.82) is 0 Å². The summed E-state index contributed by atoms with van der Waals surface area (Å²) in [7, 11) is 0. The highest BCUT2D eigenvalue weighted by Gasteiger charge is 2.09. The van der Waals surface area contributed by atoms with Crippen molar-refractivity contribution < 1.29 is 9.18 Å². The number of nitrogens with one attached hydrogen (secondary N) is 2. The highest BCUT2D eigenvalue weighted by molar-refractivity contribution is 6.03. The molecule has 1 aromatic heterocycles. The third-order valence-corrected chi connectivity index (χ3v) is 2.41. The van der Waals surface area contributed by atoms with Gasteiger partial charge in [-0.1, -0.05) is 12.1 Å². The third kappa shape index (κ3) is 3.61. The maximum absolute atomic E-state index is 13.0. The molecule has 0 bridgehead atoms. The van der Waals surface area contributed by atoms with Gasteiger partial charge in [0.2, 0.25) is 0 Å². The predicted molar refractivity (Wildman–Crippen MR) is 75.1 cm³/mol. The normalized spacial score (nSPS) is 9.85. The van der Waals surface area contributed by atoms with Crippen molar-refractivity contribution in [2.24, 2.45) is 0 Å². The average molecular weight is 272 g/mol. The third-order valence-electron chi connectivity index (χ3n) is 2.41. The van der Waals surface area contributed by atoms with Crippen LogP contribution >= 0.6 is 0 Å². The highest BCUT2D eigenvalue weighted by Crippen LogP contribution is 2.11. The van der Waals surface area contributed by atoms with Gasteiger partial charge in [0.1, 0.15) is 23.7 Å². The van der Waals surface area contributed by atoms with Crippen LogP contribution in [0.3, 0.4) is 0 Å². The number of anilines is 2. The summed E-state index contributed by atoms with van der Waals surface area (Å²) in [6.45, 7) is 4.11. The molecule has 0 aliphatic carbocycles. The number of amides is 1. The standard InChI is InChI=1S/C14H13FN4O/c1-2-6-16-13-8-12(17-9-18-13)14(20)19-11-5-3-4-10(15)7-11/h2-5,7-9H,1,6H2,(H,19,20)(H,16,17,18). The van der Waals surface area contributed by atoms with E-state index in [0.717, 1.165) is 0 Å². The number of hydrogen-bond acceptors (Lipinski definition) is 4. The van der Waals surface area contributed by atoms with Crippen molar-refractivity contribution in [3.8, 4) is 0 Å². The first-order chi connectivity index (χ1) is 9.69. The molecule has 1 aromatic carbocycles. The molecular weight excluding hydrogens is 259 g/mol. The molecule has 0 fully saturated rings. The van der Waals surface area contributed by atoms with Crippen LogP contribution < -0.4 is 10.6 Å². The second-order valence-corrected chi connectivity index (χ2v) is 3.92. The van der Waals surface area contributed by atoms with Gasteiger partial charge in [0.05, 0.1) is 0 Å². The fourth-order valence-electron chi connectivity index (χ4n) is 1.52. The van der Waals surface area contributed by atoms with Crippen LogP contribution in [0.15, 0.2) is 49.3 Å². The zero-order valence-electron chi connectivity index (χ0n) is 10.6. The second-order valence-electron chi connectivity index (χ2n) is 3.92. The monoisotopic (exact) mass is 272 g/mol. The summed E-state index contributed by atoms with van der Waals surface area (Å²) < 4.78 is 13.0. The molecular formula is C14H13FN4O. The molecule has 0 saturated heterocycles. The van der Waals surface area contributed by atoms with Crippen molar-refractivity contribution in [2.75, 3.05) is 17.2 Å². The molecule has 0 radical (unpaired) electrons. The van der Waals surface area contributed by atoms with Crippen LogP contribution in [-0.4, -0.2) is 22.4 Å². The maximum Gasteiger partial charge on any atom is 0.274 e. The maximum atomic E-state index is 13.0. The van der Waals surface area contributed by atoms with E-state index in [1.54, 1.807) is 12.1 Å². The number of rotatable bonds is 5. The van der Waals surface area contributed by atoms with E-state index in [0.29, 0.717) is 18.1 Å². The lowest BCUT2D eigenvalue weighted by Crippen LogP contribution is -2.14. The van der Waals surface area contributed by atoms with Crippen LogP contribution in [0.1, 0.15) is 10.5 Å². The number of carbonyl (C=O) groups is 1. The lowest BCUT2D eigenvalue weighted by molar-refractivity contribution is 0.102. The fraction of sp³-hybridized carbons (Fsp3) is 0.0714. The van der Waals surface area contributed by atoms with Crippen molar-refractivity contribution in [3.63, 3.8) is 0 Å². The Hall–Kier alpha value is -2.76. The Labute approximate surface area is 115 Å². The van der Waals surface area contributed by atoms with E-state index in [2.05, 4.69) is 27.2 Å². The van der Waals surface area contributed by atoms with Gasteiger partial charge < -0.3 is 10.6 Å². The van der Waals surface area contributed by atoms with Crippen molar-refractivity contribution in [1.82, 2.24) is 9.97 Å². The Morgan fingerprint density at radius 1 is 1.35 bits per heavy atom. The predicted octanol–water partition coefficient (Wildman–Crippen LogP) is 2.47. The Morgan fingerprint density at radius 2 is 2.20 bits per heavy atom. The van der Waals surface area contributed by atoms with Gasteiger partial charge in [-0.25, -0.2) is 14.4 Å². The van der Waals surface area contributed by atoms with E-state index < -0.39 is 11.7 Å². The molecule has 6 heteroatoms. The smallest absolute Gasteiger partial charge is 0.274 e. The number of aromatic nitrogens is 2. The van der Waals surface area contributed by atoms with Crippen LogP contribution in [0, 0.1) is 5.82 Å². The molecule has 0 aliphatic rings. The minimum atomic E-state index is -0.431. The van der Waals surface area contributed by atoms with Gasteiger partial charge in [-0.2, -0.15) is 0 Å². The van der Waals surface area contributed by atoms with Gasteiger partial charge in [-0.15, -0.1) is 6.58 Å². The molecule has 5 nitrogen and oxygen atoms in total. The van der Waals surface area contributed by atoms with Crippen molar-refractivity contribution in [2.45, 2.75) is 0 Å². The van der Waals surface area contributed by atoms with Gasteiger partial charge in [0.15, 0.2) is 0 Å². The molecule has 2 rings (SSSR count). The molecule has 0 spiro atoms. The Morgan fingerprint density at radius 3 is 2.95 bits per heavy atom. The van der Waals surface area contributed by atoms with Crippen molar-refractivity contribution >= 4 is 17.4 Å². The average Bonchev–Trinajstić information content (AvgIpc) is 2.45. The Kier molecular flexibility index (Phi) is 4.39. The minimum absolute atomic E-state index is 0.191. The van der Waals surface area contributed by atoms with E-state index in [1.807, 2.05) is 0 Å². The second kappa shape index (κ2) is 6.42. The van der Waals surface area contributed by atoms with E-state index in [4.69, 9.17) is 0 Å². The fourth-order valence-corrected chi connectivity index (χ4v) is 1.52. The first kappa shape index (κ1) is 13.7. The summed E-state index contributed by atoms with van der Waals surface area (Å²) in [5.41, 5.74) is 0.560. The first-order valence-corrected chi connectivity index (χ1v) is 5.93. The molecule has 0 unspecified atom stereocenters. The summed E-state index contributed by atoms with van der Waals surface area (Å²) in [6.07, 6.45) is 2.96. The Bertz CT molecular complexity index is 630. The summed E-state index contributed by atoms with van der Waals surface area (Å²) in [4.78, 5) is 19.8. The van der Waals surface area contributed by atoms with Gasteiger partial charge in [-0.3, -0.25) is 4.79 Å². The lowest BCUT2D eigenvalue weighted by atomic mass is 10.3. The molecule has 0 atom stereocenters. The van der Waals surface area contributed by atoms with Gasteiger partial charge in [0, 0.05) is 18.3 Å². The zero-order chi connectivity index (χ0) is 14.4. The van der Waals surface area contributed by atoms with Gasteiger partial charge >= 0.3 is 0 Å². The van der Waals surface area contributed by atoms with Crippen LogP contribution in [0.5, 0.6) is 0 Å². The molecule has 2 N–H and O–H groups in total. The van der Waals surface area contributed by atoms with Gasteiger partial charge in [-0.05, 0) is 18.2 Å². The zero-order valence-corrected chi connectivity index (χ0v) is 10.6. The number of halogens is 1. The van der Waals surface area contributed by atoms with Crippen molar-refractivity contribution in [3.05, 3.63) is 60.8 Å². The molecule has 1 amide bonds. The number of nitrogens with zero attached hydrogens (tertiary/aromatic N) is 2. The van der Waals surface area contributed by atoms with Crippen LogP contribution in [0.2, 0.25) is 0 Å². The molecule has 0 aliphatic heterocycles. The summed E-state index contributed by atoms with van der Waals surface area (Å²) in [6, 6.07) is 7.16. The topological polar surface area (TPSA) is 66.9 Å². The van der Waals surface area contributed by atoms with Crippen LogP contribution in [0.4, 0.5) is 15.9 Å². The number of benzene rings is 1. The summed E-state index contributed by atoms with van der Waals surface area (Å²) >= 11 is 0. The van der Waals surface area contributed by atoms with Crippen LogP contribution in [-0.2, 0) is 0 Å². The quantitative estimate of drug-likeness (QED) is 0.820. The number of carbonyl (C=O) groups excluding carboxylic acids is 1. The summed E-state index contributed by atoms with van der Waals surface area (Å²) in [5.74, 6) is -0.331. The SMILES string of the molecule is C=CCNc1cc(C(=O)Nc2cccc(F)c2)ncn1. The van der Waals surface area contributed by atoms with E-state index in [9.17, 15) is 9.18 Å². The Balaban J connectivity index is 2.10. The highest BCUT2D eigenvalue weighted by atomic mass is 19.1. The minimum Gasteiger partial charge on any atom is -0.366 e. The molecule has 20 heavy (non-hydrogen) atoms. The first-order valence-electron chi connectivity index (χ1n) is 5.93. The lowest BCUT2D eigenvalue weighted by Gasteiger charge is -2.06. The van der Waals surface area contributed by atoms with E-state index >= 15 is 0 Å². The molecule has 102 valence electrons. The molecule has 0 saturated carbocycles. The number of hydrogen-bond donors (Lipinski definition) is 2. The summed E-state index contributed by atoms with van der Waals surface area (Å²) in [5, 5.41) is 5.52. The molecule has 2 aromatic rings. The van der Waals surface area contributed by atoms with E-state index in [-0.39, 0.29) is 5.69 Å². The van der Waals surface area contributed by atoms with Crippen LogP contribution in [0.25, 0.3) is 0 Å². The van der Waals surface area contributed by atoms with E-state index in [1.165, 1.54) is 30.6 Å². The molecule has 1 heterocycles. The largest absolute Gasteiger partial charge is 0.366 e. The van der Waals surface area contributed by atoms with Gasteiger partial charge in [0.25, 0.3) is 5.91 Å².